The van der Waals surface area contributed by atoms with E-state index in [1.807, 2.05) is 24.3 Å². The van der Waals surface area contributed by atoms with Crippen LogP contribution < -0.4 is 10.2 Å². The number of nitrogens with zero attached hydrogens (tertiary/aromatic N) is 1. The van der Waals surface area contributed by atoms with E-state index in [4.69, 9.17) is 9.15 Å². The smallest absolute Gasteiger partial charge is 0.331 e. The first-order chi connectivity index (χ1) is 12.9. The SMILES string of the molecule is CCN(c1ccc(NC(=O)COC(=O)C=Cc2ccc(Br)o2)cc1)C(C)C. The van der Waals surface area contributed by atoms with Gasteiger partial charge in [-0.2, -0.15) is 0 Å². The summed E-state index contributed by atoms with van der Waals surface area (Å²) in [7, 11) is 0. The van der Waals surface area contributed by atoms with Crippen molar-refractivity contribution in [3.8, 4) is 0 Å². The Balaban J connectivity index is 1.81. The van der Waals surface area contributed by atoms with Crippen molar-refractivity contribution in [3.63, 3.8) is 0 Å². The number of carbonyl (C=O) groups is 2. The van der Waals surface area contributed by atoms with Gasteiger partial charge in [0, 0.05) is 30.0 Å². The van der Waals surface area contributed by atoms with Crippen LogP contribution in [-0.4, -0.2) is 31.1 Å². The van der Waals surface area contributed by atoms with Crippen molar-refractivity contribution < 1.29 is 18.7 Å². The van der Waals surface area contributed by atoms with E-state index in [0.717, 1.165) is 12.2 Å². The van der Waals surface area contributed by atoms with Gasteiger partial charge in [0.25, 0.3) is 5.91 Å². The second-order valence-electron chi connectivity index (χ2n) is 6.06. The van der Waals surface area contributed by atoms with Crippen LogP contribution in [0.25, 0.3) is 6.08 Å². The molecule has 7 heteroatoms. The molecule has 0 aliphatic rings. The van der Waals surface area contributed by atoms with Gasteiger partial charge in [-0.1, -0.05) is 0 Å². The summed E-state index contributed by atoms with van der Waals surface area (Å²) in [5.74, 6) is -0.518. The lowest BCUT2D eigenvalue weighted by molar-refractivity contribution is -0.142. The zero-order valence-electron chi connectivity index (χ0n) is 15.6. The number of anilines is 2. The minimum Gasteiger partial charge on any atom is -0.452 e. The Labute approximate surface area is 167 Å². The summed E-state index contributed by atoms with van der Waals surface area (Å²) in [5.41, 5.74) is 1.74. The zero-order chi connectivity index (χ0) is 19.8. The first-order valence-electron chi connectivity index (χ1n) is 8.65. The topological polar surface area (TPSA) is 71.8 Å². The summed E-state index contributed by atoms with van der Waals surface area (Å²) in [6.07, 6.45) is 2.68. The lowest BCUT2D eigenvalue weighted by Gasteiger charge is -2.27. The third-order valence-corrected chi connectivity index (χ3v) is 4.20. The molecule has 0 spiro atoms. The molecule has 0 fully saturated rings. The molecule has 1 heterocycles. The van der Waals surface area contributed by atoms with E-state index in [9.17, 15) is 9.59 Å². The van der Waals surface area contributed by atoms with E-state index in [1.54, 1.807) is 12.1 Å². The molecule has 0 bridgehead atoms. The Morgan fingerprint density at radius 3 is 2.48 bits per heavy atom. The van der Waals surface area contributed by atoms with E-state index in [2.05, 4.69) is 46.9 Å². The highest BCUT2D eigenvalue weighted by atomic mass is 79.9. The molecular weight excluding hydrogens is 412 g/mol. The molecule has 0 unspecified atom stereocenters. The number of furan rings is 1. The lowest BCUT2D eigenvalue weighted by Crippen LogP contribution is -2.30. The van der Waals surface area contributed by atoms with Gasteiger partial charge in [0.2, 0.25) is 0 Å². The standard InChI is InChI=1S/C20H23BrN2O4/c1-4-23(14(2)3)16-7-5-15(6-8-16)22-19(24)13-26-20(25)12-10-17-9-11-18(21)27-17/h5-12,14H,4,13H2,1-3H3,(H,22,24). The summed E-state index contributed by atoms with van der Waals surface area (Å²) in [4.78, 5) is 25.8. The van der Waals surface area contributed by atoms with Crippen molar-refractivity contribution in [3.05, 3.63) is 52.9 Å². The number of nitrogens with one attached hydrogen (secondary N) is 1. The molecule has 6 nitrogen and oxygen atoms in total. The molecule has 1 aromatic carbocycles. The molecule has 0 aliphatic heterocycles. The number of amides is 1. The molecule has 0 atom stereocenters. The Hall–Kier alpha value is -2.54. The molecule has 0 radical (unpaired) electrons. The van der Waals surface area contributed by atoms with Gasteiger partial charge >= 0.3 is 5.97 Å². The molecule has 0 saturated heterocycles. The normalized spacial score (nSPS) is 11.0. The number of hydrogen-bond acceptors (Lipinski definition) is 5. The number of benzene rings is 1. The van der Waals surface area contributed by atoms with E-state index in [0.29, 0.717) is 22.2 Å². The third kappa shape index (κ3) is 6.60. The predicted octanol–water partition coefficient (Wildman–Crippen LogP) is 4.47. The number of esters is 1. The van der Waals surface area contributed by atoms with Crippen molar-refractivity contribution >= 4 is 45.3 Å². The van der Waals surface area contributed by atoms with Crippen LogP contribution in [0, 0.1) is 0 Å². The van der Waals surface area contributed by atoms with Crippen molar-refractivity contribution in [2.45, 2.75) is 26.8 Å². The van der Waals surface area contributed by atoms with Crippen LogP contribution >= 0.6 is 15.9 Å². The number of ether oxygens (including phenoxy) is 1. The molecule has 2 rings (SSSR count). The Morgan fingerprint density at radius 2 is 1.93 bits per heavy atom. The van der Waals surface area contributed by atoms with Gasteiger partial charge in [0.1, 0.15) is 5.76 Å². The Kier molecular flexibility index (Phi) is 7.67. The number of rotatable bonds is 8. The first kappa shape index (κ1) is 20.8. The summed E-state index contributed by atoms with van der Waals surface area (Å²) in [6, 6.07) is 11.4. The second kappa shape index (κ2) is 9.97. The van der Waals surface area contributed by atoms with Gasteiger partial charge in [0.05, 0.1) is 0 Å². The average Bonchev–Trinajstić information content (AvgIpc) is 3.05. The van der Waals surface area contributed by atoms with Gasteiger partial charge in [-0.15, -0.1) is 0 Å². The van der Waals surface area contributed by atoms with Crippen LogP contribution in [0.15, 0.2) is 51.6 Å². The van der Waals surface area contributed by atoms with E-state index in [1.165, 1.54) is 12.2 Å². The van der Waals surface area contributed by atoms with Gasteiger partial charge in [-0.3, -0.25) is 4.79 Å². The average molecular weight is 435 g/mol. The highest BCUT2D eigenvalue weighted by Gasteiger charge is 2.09. The van der Waals surface area contributed by atoms with Crippen LogP contribution in [0.3, 0.4) is 0 Å². The van der Waals surface area contributed by atoms with E-state index < -0.39 is 11.9 Å². The van der Waals surface area contributed by atoms with Crippen molar-refractivity contribution in [1.29, 1.82) is 0 Å². The molecule has 27 heavy (non-hydrogen) atoms. The number of hydrogen-bond donors (Lipinski definition) is 1. The van der Waals surface area contributed by atoms with Crippen molar-refractivity contribution in [1.82, 2.24) is 0 Å². The fourth-order valence-corrected chi connectivity index (χ4v) is 2.85. The highest BCUT2D eigenvalue weighted by molar-refractivity contribution is 9.10. The van der Waals surface area contributed by atoms with Gasteiger partial charge in [0.15, 0.2) is 11.3 Å². The minimum atomic E-state index is -0.622. The molecule has 0 saturated carbocycles. The number of halogens is 1. The fraction of sp³-hybridized carbons (Fsp3) is 0.300. The van der Waals surface area contributed by atoms with Crippen LogP contribution in [0.4, 0.5) is 11.4 Å². The maximum absolute atomic E-state index is 11.9. The zero-order valence-corrected chi connectivity index (χ0v) is 17.2. The Morgan fingerprint density at radius 1 is 1.22 bits per heavy atom. The second-order valence-corrected chi connectivity index (χ2v) is 6.84. The summed E-state index contributed by atoms with van der Waals surface area (Å²) < 4.78 is 10.7. The summed E-state index contributed by atoms with van der Waals surface area (Å²) >= 11 is 3.17. The molecule has 144 valence electrons. The first-order valence-corrected chi connectivity index (χ1v) is 9.45. The molecule has 1 amide bonds. The highest BCUT2D eigenvalue weighted by Crippen LogP contribution is 2.20. The molecular formula is C20H23BrN2O4. The largest absolute Gasteiger partial charge is 0.452 e. The minimum absolute atomic E-state index is 0.361. The monoisotopic (exact) mass is 434 g/mol. The van der Waals surface area contributed by atoms with Crippen molar-refractivity contribution in [2.75, 3.05) is 23.4 Å². The summed E-state index contributed by atoms with van der Waals surface area (Å²) in [5, 5.41) is 2.70. The van der Waals surface area contributed by atoms with Crippen LogP contribution in [0.1, 0.15) is 26.5 Å². The van der Waals surface area contributed by atoms with Crippen LogP contribution in [0.5, 0.6) is 0 Å². The van der Waals surface area contributed by atoms with Crippen LogP contribution in [-0.2, 0) is 14.3 Å². The molecule has 2 aromatic rings. The van der Waals surface area contributed by atoms with Gasteiger partial charge in [-0.05, 0) is 79.2 Å². The summed E-state index contributed by atoms with van der Waals surface area (Å²) in [6.45, 7) is 6.91. The Bertz CT molecular complexity index is 797. The molecule has 1 aromatic heterocycles. The van der Waals surface area contributed by atoms with Gasteiger partial charge < -0.3 is 19.4 Å². The van der Waals surface area contributed by atoms with E-state index in [-0.39, 0.29) is 6.61 Å². The maximum Gasteiger partial charge on any atom is 0.331 e. The molecule has 0 aliphatic carbocycles. The predicted molar refractivity (Wildman–Crippen MR) is 110 cm³/mol. The molecule has 1 N–H and O–H groups in total. The van der Waals surface area contributed by atoms with Crippen LogP contribution in [0.2, 0.25) is 0 Å². The fourth-order valence-electron chi connectivity index (χ4n) is 2.53. The number of carbonyl (C=O) groups excluding carboxylic acids is 2. The van der Waals surface area contributed by atoms with E-state index >= 15 is 0 Å². The lowest BCUT2D eigenvalue weighted by atomic mass is 10.2. The third-order valence-electron chi connectivity index (χ3n) is 3.77. The van der Waals surface area contributed by atoms with Crippen molar-refractivity contribution in [2.24, 2.45) is 0 Å². The maximum atomic E-state index is 11.9. The quantitative estimate of drug-likeness (QED) is 0.489. The van der Waals surface area contributed by atoms with Gasteiger partial charge in [-0.25, -0.2) is 4.79 Å².